The zero-order valence-electron chi connectivity index (χ0n) is 18.6. The molecule has 0 aliphatic carbocycles. The van der Waals surface area contributed by atoms with Gasteiger partial charge in [0.05, 0.1) is 19.4 Å². The van der Waals surface area contributed by atoms with Crippen LogP contribution in [0.3, 0.4) is 0 Å². The smallest absolute Gasteiger partial charge is 0.244 e. The monoisotopic (exact) mass is 463 g/mol. The van der Waals surface area contributed by atoms with Gasteiger partial charge in [0.25, 0.3) is 0 Å². The zero-order valence-corrected chi connectivity index (χ0v) is 19.4. The summed E-state index contributed by atoms with van der Waals surface area (Å²) < 4.78 is 29.1. The Morgan fingerprint density at radius 1 is 1.03 bits per heavy atom. The van der Waals surface area contributed by atoms with Crippen molar-refractivity contribution in [1.29, 1.82) is 0 Å². The molecular weight excluding hydrogens is 436 g/mol. The summed E-state index contributed by atoms with van der Waals surface area (Å²) in [5.41, 5.74) is 5.74. The maximum Gasteiger partial charge on any atom is 0.244 e. The van der Waals surface area contributed by atoms with E-state index in [4.69, 9.17) is 4.74 Å². The van der Waals surface area contributed by atoms with Crippen LogP contribution in [0.25, 0.3) is 27.9 Å². The van der Waals surface area contributed by atoms with Gasteiger partial charge in [-0.15, -0.1) is 0 Å². The number of hydrogen-bond donors (Lipinski definition) is 1. The maximum atomic E-state index is 12.0. The van der Waals surface area contributed by atoms with Crippen molar-refractivity contribution >= 4 is 15.9 Å². The quantitative estimate of drug-likeness (QED) is 0.437. The second-order valence-corrected chi connectivity index (χ2v) is 10.5. The molecule has 2 aromatic carbocycles. The summed E-state index contributed by atoms with van der Waals surface area (Å²) >= 11 is 0. The normalized spacial score (nSPS) is 16.7. The summed E-state index contributed by atoms with van der Waals surface area (Å²) in [6.45, 7) is 4.73. The van der Waals surface area contributed by atoms with Gasteiger partial charge in [-0.3, -0.25) is 4.90 Å². The third kappa shape index (κ3) is 4.89. The van der Waals surface area contributed by atoms with Gasteiger partial charge in [0, 0.05) is 49.2 Å². The highest BCUT2D eigenvalue weighted by molar-refractivity contribution is 7.97. The van der Waals surface area contributed by atoms with Crippen LogP contribution >= 0.6 is 0 Å². The van der Waals surface area contributed by atoms with Gasteiger partial charge in [0.1, 0.15) is 6.26 Å². The number of morpholine rings is 1. The van der Waals surface area contributed by atoms with Gasteiger partial charge in [-0.25, -0.2) is 9.50 Å². The van der Waals surface area contributed by atoms with E-state index in [-0.39, 0.29) is 0 Å². The lowest BCUT2D eigenvalue weighted by atomic mass is 10.0. The van der Waals surface area contributed by atoms with Crippen LogP contribution in [-0.2, 0) is 25.6 Å². The standard InChI is InChI=1S/C25H26N4O3S/c1-33(30,31)23-4-2-3-21(15-23)24-17-27-29-18-22(16-26-25(24)29)20-7-5-19(6-8-20)9-10-28-11-13-32-14-12-28/h2-8,15-18H,9-14H2,1H3/p+1. The Kier molecular flexibility index (Phi) is 6.07. The molecule has 1 fully saturated rings. The van der Waals surface area contributed by atoms with Gasteiger partial charge in [-0.05, 0) is 29.2 Å². The van der Waals surface area contributed by atoms with Crippen LogP contribution in [0.2, 0.25) is 0 Å². The molecule has 7 nitrogen and oxygen atoms in total. The summed E-state index contributed by atoms with van der Waals surface area (Å²) in [6.07, 6.45) is 7.90. The van der Waals surface area contributed by atoms with Crippen LogP contribution in [0, 0.1) is 0 Å². The van der Waals surface area contributed by atoms with Crippen molar-refractivity contribution < 1.29 is 13.5 Å². The van der Waals surface area contributed by atoms with Crippen LogP contribution in [0.15, 0.2) is 72.0 Å². The molecule has 170 valence electrons. The van der Waals surface area contributed by atoms with Crippen molar-refractivity contribution in [2.45, 2.75) is 11.3 Å². The molecule has 4 aromatic rings. The molecule has 3 heterocycles. The molecule has 0 amide bonds. The summed E-state index contributed by atoms with van der Waals surface area (Å²) in [6, 6.07) is 15.7. The van der Waals surface area contributed by atoms with E-state index >= 15 is 0 Å². The number of rotatable bonds is 6. The fourth-order valence-electron chi connectivity index (χ4n) is 4.10. The van der Waals surface area contributed by atoms with Crippen LogP contribution in [0.5, 0.6) is 0 Å². The molecule has 33 heavy (non-hydrogen) atoms. The Bertz CT molecular complexity index is 1310. The molecule has 1 atom stereocenters. The van der Waals surface area contributed by atoms with E-state index in [1.54, 1.807) is 28.9 Å². The fourth-order valence-corrected chi connectivity index (χ4v) is 4.78. The second kappa shape index (κ2) is 9.15. The largest absolute Gasteiger partial charge is 0.379 e. The Labute approximate surface area is 194 Å². The highest BCUT2D eigenvalue weighted by Gasteiger charge is 2.22. The average Bonchev–Trinajstić information content (AvgIpc) is 3.27. The first-order chi connectivity index (χ1) is 16.0. The number of fused-ring (bicyclic) bond motifs is 1. The first-order valence-electron chi connectivity index (χ1n) is 11.0. The molecule has 0 spiro atoms. The Balaban J connectivity index is 1.35. The summed E-state index contributed by atoms with van der Waals surface area (Å²) in [7, 11) is -3.03. The van der Waals surface area contributed by atoms with Gasteiger partial charge in [0.15, 0.2) is 10.5 Å². The van der Waals surface area contributed by atoms with Crippen molar-refractivity contribution in [1.82, 2.24) is 19.5 Å². The van der Waals surface area contributed by atoms with Gasteiger partial charge in [0.2, 0.25) is 10.2 Å². The average molecular weight is 464 g/mol. The van der Waals surface area contributed by atoms with Crippen molar-refractivity contribution in [3.8, 4) is 22.3 Å². The maximum absolute atomic E-state index is 12.0. The zero-order chi connectivity index (χ0) is 22.8. The molecule has 0 saturated carbocycles. The third-order valence-electron chi connectivity index (χ3n) is 6.05. The van der Waals surface area contributed by atoms with E-state index in [1.807, 2.05) is 18.5 Å². The SMILES string of the molecule is C[S+](=O)(O)c1cccc(-c2cnn3cc(-c4ccc(CCN5CCOCC5)cc4)cnc23)c1. The summed E-state index contributed by atoms with van der Waals surface area (Å²) in [5.74, 6) is 0. The summed E-state index contributed by atoms with van der Waals surface area (Å²) in [5, 5.41) is 4.48. The molecule has 1 N–H and O–H groups in total. The number of hydrogen-bond acceptors (Lipinski definition) is 5. The van der Waals surface area contributed by atoms with Crippen LogP contribution in [0.4, 0.5) is 0 Å². The molecule has 8 heteroatoms. The fraction of sp³-hybridized carbons (Fsp3) is 0.280. The van der Waals surface area contributed by atoms with Gasteiger partial charge in [-0.2, -0.15) is 9.65 Å². The lowest BCUT2D eigenvalue weighted by Gasteiger charge is -2.26. The Morgan fingerprint density at radius 2 is 1.82 bits per heavy atom. The van der Waals surface area contributed by atoms with E-state index in [2.05, 4.69) is 39.2 Å². The van der Waals surface area contributed by atoms with Crippen LogP contribution in [0.1, 0.15) is 5.56 Å². The van der Waals surface area contributed by atoms with Crippen molar-refractivity contribution in [3.63, 3.8) is 0 Å². The molecule has 5 rings (SSSR count). The molecule has 0 radical (unpaired) electrons. The van der Waals surface area contributed by atoms with Crippen molar-refractivity contribution in [2.75, 3.05) is 39.1 Å². The van der Waals surface area contributed by atoms with Gasteiger partial charge < -0.3 is 4.74 Å². The lowest BCUT2D eigenvalue weighted by molar-refractivity contribution is 0.0384. The van der Waals surface area contributed by atoms with Gasteiger partial charge in [-0.1, -0.05) is 40.6 Å². The highest BCUT2D eigenvalue weighted by Crippen LogP contribution is 2.28. The third-order valence-corrected chi connectivity index (χ3v) is 7.18. The highest BCUT2D eigenvalue weighted by atomic mass is 32.3. The molecule has 1 aliphatic heterocycles. The molecule has 1 saturated heterocycles. The first-order valence-corrected chi connectivity index (χ1v) is 12.9. The van der Waals surface area contributed by atoms with Crippen LogP contribution < -0.4 is 0 Å². The van der Waals surface area contributed by atoms with Crippen LogP contribution in [-0.4, -0.2) is 63.2 Å². The topological polar surface area (TPSA) is 80.0 Å². The predicted octanol–water partition coefficient (Wildman–Crippen LogP) is 3.90. The molecule has 2 aromatic heterocycles. The first kappa shape index (κ1) is 21.9. The van der Waals surface area contributed by atoms with E-state index in [0.29, 0.717) is 10.5 Å². The molecule has 1 aliphatic rings. The predicted molar refractivity (Wildman–Crippen MR) is 130 cm³/mol. The second-order valence-electron chi connectivity index (χ2n) is 8.40. The Morgan fingerprint density at radius 3 is 2.58 bits per heavy atom. The lowest BCUT2D eigenvalue weighted by Crippen LogP contribution is -2.37. The van der Waals surface area contributed by atoms with E-state index in [1.165, 1.54) is 11.8 Å². The van der Waals surface area contributed by atoms with E-state index in [9.17, 15) is 8.76 Å². The number of ether oxygens (including phenoxy) is 1. The van der Waals surface area contributed by atoms with E-state index in [0.717, 1.165) is 61.5 Å². The minimum atomic E-state index is -3.03. The minimum absolute atomic E-state index is 0.393. The van der Waals surface area contributed by atoms with Crippen molar-refractivity contribution in [3.05, 3.63) is 72.7 Å². The molecule has 0 bridgehead atoms. The number of benzene rings is 2. The molecule has 1 unspecified atom stereocenters. The van der Waals surface area contributed by atoms with Gasteiger partial charge >= 0.3 is 0 Å². The number of nitrogens with zero attached hydrogens (tertiary/aromatic N) is 4. The summed E-state index contributed by atoms with van der Waals surface area (Å²) in [4.78, 5) is 7.49. The van der Waals surface area contributed by atoms with E-state index < -0.39 is 10.2 Å². The Hall–Kier alpha value is -2.91. The minimum Gasteiger partial charge on any atom is -0.379 e. The van der Waals surface area contributed by atoms with Crippen molar-refractivity contribution in [2.24, 2.45) is 0 Å². The number of aromatic nitrogens is 3. The molecular formula is C25H27N4O3S+.